The molecule has 6 aliphatic rings. The Hall–Kier alpha value is -3.16. The molecule has 2 bridgehead atoms. The molecule has 3 fully saturated rings. The smallest absolute Gasteiger partial charge is 0.329 e. The third kappa shape index (κ3) is 7.59. The van der Waals surface area contributed by atoms with Crippen LogP contribution in [0, 0.1) is 17.8 Å². The van der Waals surface area contributed by atoms with Crippen LogP contribution in [0.4, 0.5) is 10.5 Å². The normalized spacial score (nSPS) is 32.9. The largest absolute Gasteiger partial charge is 0.490 e. The number of halogens is 1. The van der Waals surface area contributed by atoms with Crippen LogP contribution in [0.15, 0.2) is 52.9 Å². The molecule has 286 valence electrons. The fourth-order valence-corrected chi connectivity index (χ4v) is 11.4. The number of benzene rings is 2. The number of morpholine rings is 1. The molecular formula is C40H52ClN5O6S. The first kappa shape index (κ1) is 36.8. The third-order valence-electron chi connectivity index (χ3n) is 12.5. The molecule has 13 heteroatoms. The summed E-state index contributed by atoms with van der Waals surface area (Å²) in [6.07, 6.45) is 10.00. The third-order valence-corrected chi connectivity index (χ3v) is 14.7. The SMILES string of the molecule is CO[C@H]1/C=C\C[C@H](C)CS(=O)(NC(=O)N2CC(N3CCOCC3)C2)=NC(=O)c2ccc3c(c2)N(C[C@@H]2CC[C@H]21)C[C@@]1(CCCc2cc(Cl)ccc21)CO3. The number of methoxy groups -OCH3 is 1. The maximum absolute atomic E-state index is 14.6. The number of hydrogen-bond donors (Lipinski definition) is 1. The summed E-state index contributed by atoms with van der Waals surface area (Å²) in [5.74, 6) is 0.784. The van der Waals surface area contributed by atoms with Gasteiger partial charge in [-0.2, -0.15) is 0 Å². The van der Waals surface area contributed by atoms with Gasteiger partial charge in [0.1, 0.15) is 15.7 Å². The minimum absolute atomic E-state index is 0.0458. The summed E-state index contributed by atoms with van der Waals surface area (Å²) in [6.45, 7) is 8.13. The second-order valence-electron chi connectivity index (χ2n) is 16.1. The summed E-state index contributed by atoms with van der Waals surface area (Å²) in [4.78, 5) is 34.0. The van der Waals surface area contributed by atoms with Gasteiger partial charge >= 0.3 is 6.03 Å². The maximum atomic E-state index is 14.6. The highest BCUT2D eigenvalue weighted by molar-refractivity contribution is 7.92. The molecular weight excluding hydrogens is 714 g/mol. The minimum Gasteiger partial charge on any atom is -0.490 e. The molecule has 0 radical (unpaired) electrons. The molecule has 4 aliphatic heterocycles. The first-order valence-electron chi connectivity index (χ1n) is 19.3. The predicted molar refractivity (Wildman–Crippen MR) is 206 cm³/mol. The fraction of sp³-hybridized carbons (Fsp3) is 0.600. The molecule has 3 amide bonds. The average Bonchev–Trinajstić information content (AvgIpc) is 3.25. The lowest BCUT2D eigenvalue weighted by Gasteiger charge is -2.46. The Morgan fingerprint density at radius 3 is 2.72 bits per heavy atom. The van der Waals surface area contributed by atoms with Crippen LogP contribution in [0.5, 0.6) is 5.75 Å². The van der Waals surface area contributed by atoms with Gasteiger partial charge in [-0.05, 0) is 97.7 Å². The molecule has 53 heavy (non-hydrogen) atoms. The molecule has 2 aromatic rings. The lowest BCUT2D eigenvalue weighted by atomic mass is 9.68. The molecule has 2 saturated heterocycles. The standard InChI is InChI=1S/C40H52ClN5O6S/c1-27-5-3-7-36(50-2)33-11-8-30(33)21-46-25-40(14-4-6-28-19-31(41)10-12-34(28)40)26-52-37-13-9-29(20-35(37)46)38(47)42-53(49,24-27)43-39(48)45-22-32(23-45)44-15-17-51-18-16-44/h3,7,9-10,12-13,19-20,27,30,32-33,36H,4-6,8,11,14-18,21-26H2,1-2H3,(H,42,43,47,48,49)/b7-3-/t27-,30-,33+,36-,40-,53?/m0/s1. The van der Waals surface area contributed by atoms with Gasteiger partial charge in [-0.1, -0.05) is 36.7 Å². The van der Waals surface area contributed by atoms with E-state index in [9.17, 15) is 13.8 Å². The molecule has 1 unspecified atom stereocenters. The highest BCUT2D eigenvalue weighted by atomic mass is 35.5. The molecule has 2 aliphatic carbocycles. The number of ether oxygens (including phenoxy) is 3. The topological polar surface area (TPSA) is 113 Å². The Kier molecular flexibility index (Phi) is 10.5. The number of rotatable bonds is 3. The first-order valence-corrected chi connectivity index (χ1v) is 21.4. The number of allylic oxidation sites excluding steroid dienone is 1. The molecule has 1 spiro atoms. The Morgan fingerprint density at radius 2 is 1.94 bits per heavy atom. The van der Waals surface area contributed by atoms with Crippen LogP contribution in [0.2, 0.25) is 5.02 Å². The van der Waals surface area contributed by atoms with Gasteiger partial charge in [0.2, 0.25) is 0 Å². The zero-order valence-corrected chi connectivity index (χ0v) is 32.4. The minimum atomic E-state index is -3.48. The molecule has 1 saturated carbocycles. The van der Waals surface area contributed by atoms with E-state index in [2.05, 4.69) is 43.2 Å². The van der Waals surface area contributed by atoms with Crippen molar-refractivity contribution < 1.29 is 28.0 Å². The van der Waals surface area contributed by atoms with Crippen molar-refractivity contribution in [2.24, 2.45) is 22.1 Å². The quantitative estimate of drug-likeness (QED) is 0.397. The van der Waals surface area contributed by atoms with E-state index in [4.69, 9.17) is 25.8 Å². The highest BCUT2D eigenvalue weighted by Crippen LogP contribution is 2.47. The number of fused-ring (bicyclic) bond motifs is 4. The Balaban J connectivity index is 1.12. The lowest BCUT2D eigenvalue weighted by molar-refractivity contribution is -0.0197. The fourth-order valence-electron chi connectivity index (χ4n) is 9.36. The van der Waals surface area contributed by atoms with Crippen molar-refractivity contribution in [3.8, 4) is 5.75 Å². The van der Waals surface area contributed by atoms with E-state index in [0.29, 0.717) is 56.7 Å². The maximum Gasteiger partial charge on any atom is 0.329 e. The molecule has 11 nitrogen and oxygen atoms in total. The van der Waals surface area contributed by atoms with Gasteiger partial charge in [-0.25, -0.2) is 9.00 Å². The predicted octanol–water partition coefficient (Wildman–Crippen LogP) is 5.70. The van der Waals surface area contributed by atoms with E-state index in [1.807, 2.05) is 25.1 Å². The van der Waals surface area contributed by atoms with Gasteiger partial charge in [-0.15, -0.1) is 4.36 Å². The molecule has 4 heterocycles. The lowest BCUT2D eigenvalue weighted by Crippen LogP contribution is -2.64. The summed E-state index contributed by atoms with van der Waals surface area (Å²) in [5.41, 5.74) is 3.46. The van der Waals surface area contributed by atoms with E-state index in [1.165, 1.54) is 11.1 Å². The van der Waals surface area contributed by atoms with Gasteiger partial charge in [0.05, 0.1) is 37.4 Å². The monoisotopic (exact) mass is 765 g/mol. The van der Waals surface area contributed by atoms with Crippen LogP contribution in [0.25, 0.3) is 0 Å². The summed E-state index contributed by atoms with van der Waals surface area (Å²) in [7, 11) is -1.70. The summed E-state index contributed by atoms with van der Waals surface area (Å²) in [6, 6.07) is 11.5. The van der Waals surface area contributed by atoms with Crippen molar-refractivity contribution in [2.75, 3.05) is 76.9 Å². The Morgan fingerprint density at radius 1 is 1.11 bits per heavy atom. The molecule has 8 rings (SSSR count). The number of nitrogens with zero attached hydrogens (tertiary/aromatic N) is 4. The number of anilines is 1. The second-order valence-corrected chi connectivity index (χ2v) is 18.5. The van der Waals surface area contributed by atoms with Crippen LogP contribution >= 0.6 is 11.6 Å². The van der Waals surface area contributed by atoms with Crippen molar-refractivity contribution in [1.29, 1.82) is 0 Å². The number of carbonyl (C=O) groups is 2. The van der Waals surface area contributed by atoms with Gasteiger partial charge in [0.15, 0.2) is 0 Å². The summed E-state index contributed by atoms with van der Waals surface area (Å²) < 4.78 is 39.9. The first-order chi connectivity index (χ1) is 25.6. The number of nitrogens with one attached hydrogen (secondary N) is 1. The van der Waals surface area contributed by atoms with E-state index < -0.39 is 21.9 Å². The molecule has 2 aromatic carbocycles. The number of amides is 3. The van der Waals surface area contributed by atoms with Gasteiger partial charge in [0.25, 0.3) is 5.91 Å². The number of urea groups is 1. The van der Waals surface area contributed by atoms with Crippen LogP contribution in [-0.4, -0.2) is 110 Å². The van der Waals surface area contributed by atoms with E-state index in [0.717, 1.165) is 74.7 Å². The van der Waals surface area contributed by atoms with Crippen molar-refractivity contribution in [3.05, 3.63) is 70.3 Å². The van der Waals surface area contributed by atoms with Crippen LogP contribution in [-0.2, 0) is 31.2 Å². The molecule has 0 aromatic heterocycles. The van der Waals surface area contributed by atoms with Crippen molar-refractivity contribution in [1.82, 2.24) is 14.5 Å². The van der Waals surface area contributed by atoms with Crippen LogP contribution in [0.3, 0.4) is 0 Å². The molecule has 6 atom stereocenters. The van der Waals surface area contributed by atoms with E-state index in [-0.39, 0.29) is 29.2 Å². The van der Waals surface area contributed by atoms with Gasteiger partial charge in [0, 0.05) is 68.4 Å². The van der Waals surface area contributed by atoms with Crippen LogP contribution in [0.1, 0.15) is 60.5 Å². The van der Waals surface area contributed by atoms with E-state index in [1.54, 1.807) is 18.1 Å². The number of aryl methyl sites for hydroxylation is 1. The molecule has 1 N–H and O–H groups in total. The Bertz CT molecular complexity index is 1870. The van der Waals surface area contributed by atoms with E-state index >= 15 is 0 Å². The van der Waals surface area contributed by atoms with Gasteiger partial charge in [-0.3, -0.25) is 14.4 Å². The van der Waals surface area contributed by atoms with Crippen molar-refractivity contribution in [3.63, 3.8) is 0 Å². The zero-order valence-electron chi connectivity index (χ0n) is 30.8. The number of likely N-dealkylation sites (tertiary alicyclic amines) is 1. The Labute approximate surface area is 318 Å². The second kappa shape index (κ2) is 15.2. The van der Waals surface area contributed by atoms with Gasteiger partial charge < -0.3 is 24.0 Å². The average molecular weight is 766 g/mol. The van der Waals surface area contributed by atoms with Crippen LogP contribution < -0.4 is 14.4 Å². The number of hydrogen-bond acceptors (Lipinski definition) is 8. The number of carbonyl (C=O) groups excluding carboxylic acids is 2. The highest BCUT2D eigenvalue weighted by Gasteiger charge is 2.44. The summed E-state index contributed by atoms with van der Waals surface area (Å²) in [5, 5.41) is 0.746. The van der Waals surface area contributed by atoms with Crippen molar-refractivity contribution >= 4 is 39.1 Å². The summed E-state index contributed by atoms with van der Waals surface area (Å²) >= 11 is 6.47. The van der Waals surface area contributed by atoms with Crippen molar-refractivity contribution in [2.45, 2.75) is 63.0 Å². The zero-order chi connectivity index (χ0) is 36.7.